The summed E-state index contributed by atoms with van der Waals surface area (Å²) in [5.74, 6) is -0.513. The van der Waals surface area contributed by atoms with E-state index < -0.39 is 23.2 Å². The van der Waals surface area contributed by atoms with Crippen LogP contribution in [0.2, 0.25) is 0 Å². The van der Waals surface area contributed by atoms with Gasteiger partial charge in [0.1, 0.15) is 11.4 Å². The van der Waals surface area contributed by atoms with E-state index in [1.54, 1.807) is 0 Å². The second kappa shape index (κ2) is 4.53. The number of pyridine rings is 1. The van der Waals surface area contributed by atoms with Crippen LogP contribution in [0, 0.1) is 5.82 Å². The maximum Gasteiger partial charge on any atom is 0.416 e. The van der Waals surface area contributed by atoms with Crippen molar-refractivity contribution < 1.29 is 22.7 Å². The molecule has 1 atom stereocenters. The maximum absolute atomic E-state index is 13.7. The zero-order valence-electron chi connectivity index (χ0n) is 10.8. The van der Waals surface area contributed by atoms with Gasteiger partial charge in [0.2, 0.25) is 0 Å². The van der Waals surface area contributed by atoms with E-state index in [-0.39, 0.29) is 29.5 Å². The fraction of sp³-hybridized carbons (Fsp3) is 0.267. The number of aromatic nitrogens is 1. The molecular formula is C15H11F4NO. The van der Waals surface area contributed by atoms with Crippen LogP contribution in [0.5, 0.6) is 0 Å². The zero-order chi connectivity index (χ0) is 15.3. The topological polar surface area (TPSA) is 33.1 Å². The van der Waals surface area contributed by atoms with E-state index in [4.69, 9.17) is 0 Å². The quantitative estimate of drug-likeness (QED) is 0.818. The highest BCUT2D eigenvalue weighted by molar-refractivity contribution is 5.48. The van der Waals surface area contributed by atoms with Gasteiger partial charge in [0, 0.05) is 18.0 Å². The summed E-state index contributed by atoms with van der Waals surface area (Å²) in [4.78, 5) is 3.69. The Labute approximate surface area is 118 Å². The minimum Gasteiger partial charge on any atom is -0.380 e. The Bertz CT molecular complexity index is 698. The first-order valence-corrected chi connectivity index (χ1v) is 6.36. The van der Waals surface area contributed by atoms with Crippen LogP contribution in [-0.2, 0) is 18.2 Å². The number of halogens is 4. The molecular weight excluding hydrogens is 286 g/mol. The summed E-state index contributed by atoms with van der Waals surface area (Å²) in [6, 6.07) is 4.90. The monoisotopic (exact) mass is 297 g/mol. The third-order valence-electron chi connectivity index (χ3n) is 3.87. The van der Waals surface area contributed by atoms with Crippen molar-refractivity contribution in [2.24, 2.45) is 0 Å². The lowest BCUT2D eigenvalue weighted by Crippen LogP contribution is -2.28. The van der Waals surface area contributed by atoms with Crippen molar-refractivity contribution in [3.63, 3.8) is 0 Å². The van der Waals surface area contributed by atoms with Crippen LogP contribution >= 0.6 is 0 Å². The fourth-order valence-electron chi connectivity index (χ4n) is 2.89. The lowest BCUT2D eigenvalue weighted by Gasteiger charge is -2.27. The number of rotatable bonds is 1. The SMILES string of the molecule is OC1(c2cnccc2C(F)(F)F)CCc2c(F)cccc21. The van der Waals surface area contributed by atoms with Crippen molar-refractivity contribution in [1.29, 1.82) is 0 Å². The Balaban J connectivity index is 2.22. The average molecular weight is 297 g/mol. The average Bonchev–Trinajstić information content (AvgIpc) is 2.78. The van der Waals surface area contributed by atoms with Crippen LogP contribution in [0.1, 0.15) is 28.7 Å². The molecule has 1 aliphatic rings. The first kappa shape index (κ1) is 14.0. The number of hydrogen-bond donors (Lipinski definition) is 1. The molecule has 3 rings (SSSR count). The Morgan fingerprint density at radius 3 is 2.62 bits per heavy atom. The molecule has 1 aromatic carbocycles. The Morgan fingerprint density at radius 1 is 1.14 bits per heavy atom. The van der Waals surface area contributed by atoms with Crippen LogP contribution in [0.25, 0.3) is 0 Å². The zero-order valence-corrected chi connectivity index (χ0v) is 10.8. The van der Waals surface area contributed by atoms with Gasteiger partial charge in [0.25, 0.3) is 0 Å². The lowest BCUT2D eigenvalue weighted by atomic mass is 9.86. The third-order valence-corrected chi connectivity index (χ3v) is 3.87. The second-order valence-corrected chi connectivity index (χ2v) is 5.05. The van der Waals surface area contributed by atoms with Crippen LogP contribution in [0.4, 0.5) is 17.6 Å². The lowest BCUT2D eigenvalue weighted by molar-refractivity contribution is -0.140. The van der Waals surface area contributed by atoms with Crippen molar-refractivity contribution >= 4 is 0 Å². The molecule has 0 saturated carbocycles. The van der Waals surface area contributed by atoms with E-state index in [0.717, 1.165) is 18.5 Å². The number of nitrogens with zero attached hydrogens (tertiary/aromatic N) is 1. The number of benzene rings is 1. The highest BCUT2D eigenvalue weighted by atomic mass is 19.4. The summed E-state index contributed by atoms with van der Waals surface area (Å²) in [7, 11) is 0. The summed E-state index contributed by atoms with van der Waals surface area (Å²) in [6.07, 6.45) is -2.40. The molecule has 21 heavy (non-hydrogen) atoms. The van der Waals surface area contributed by atoms with Gasteiger partial charge >= 0.3 is 6.18 Å². The fourth-order valence-corrected chi connectivity index (χ4v) is 2.89. The van der Waals surface area contributed by atoms with E-state index in [9.17, 15) is 22.7 Å². The number of alkyl halides is 3. The van der Waals surface area contributed by atoms with Crippen molar-refractivity contribution in [3.8, 4) is 0 Å². The molecule has 1 N–H and O–H groups in total. The first-order valence-electron chi connectivity index (χ1n) is 6.36. The van der Waals surface area contributed by atoms with Gasteiger partial charge in [0.15, 0.2) is 0 Å². The molecule has 0 aliphatic heterocycles. The normalized spacial score (nSPS) is 21.4. The molecule has 6 heteroatoms. The molecule has 0 radical (unpaired) electrons. The molecule has 0 fully saturated rings. The molecule has 1 aromatic heterocycles. The summed E-state index contributed by atoms with van der Waals surface area (Å²) < 4.78 is 53.1. The van der Waals surface area contributed by atoms with Gasteiger partial charge in [-0.1, -0.05) is 12.1 Å². The van der Waals surface area contributed by atoms with Gasteiger partial charge in [-0.25, -0.2) is 4.39 Å². The van der Waals surface area contributed by atoms with Gasteiger partial charge in [-0.05, 0) is 36.1 Å². The van der Waals surface area contributed by atoms with Gasteiger partial charge in [-0.15, -0.1) is 0 Å². The standard InChI is InChI=1S/C15H11F4NO/c16-13-3-1-2-10-9(13)4-6-14(10,21)12-8-20-7-5-11(12)15(17,18)19/h1-3,5,7-8,21H,4,6H2. The molecule has 0 amide bonds. The molecule has 1 heterocycles. The Hall–Kier alpha value is -1.95. The van der Waals surface area contributed by atoms with Crippen LogP contribution < -0.4 is 0 Å². The van der Waals surface area contributed by atoms with E-state index in [0.29, 0.717) is 0 Å². The first-order chi connectivity index (χ1) is 9.84. The molecule has 2 aromatic rings. The minimum atomic E-state index is -4.61. The van der Waals surface area contributed by atoms with Crippen LogP contribution in [-0.4, -0.2) is 10.1 Å². The largest absolute Gasteiger partial charge is 0.416 e. The van der Waals surface area contributed by atoms with Gasteiger partial charge in [-0.3, -0.25) is 4.98 Å². The predicted molar refractivity (Wildman–Crippen MR) is 67.0 cm³/mol. The molecule has 110 valence electrons. The van der Waals surface area contributed by atoms with E-state index >= 15 is 0 Å². The second-order valence-electron chi connectivity index (χ2n) is 5.05. The smallest absolute Gasteiger partial charge is 0.380 e. The van der Waals surface area contributed by atoms with E-state index in [2.05, 4.69) is 4.98 Å². The molecule has 1 unspecified atom stereocenters. The molecule has 0 spiro atoms. The third kappa shape index (κ3) is 2.10. The van der Waals surface area contributed by atoms with E-state index in [1.807, 2.05) is 0 Å². The van der Waals surface area contributed by atoms with Crippen LogP contribution in [0.3, 0.4) is 0 Å². The summed E-state index contributed by atoms with van der Waals surface area (Å²) in [5, 5.41) is 10.8. The van der Waals surface area contributed by atoms with Crippen molar-refractivity contribution in [2.75, 3.05) is 0 Å². The molecule has 0 saturated heterocycles. The maximum atomic E-state index is 13.7. The highest BCUT2D eigenvalue weighted by Gasteiger charge is 2.45. The van der Waals surface area contributed by atoms with Gasteiger partial charge in [-0.2, -0.15) is 13.2 Å². The van der Waals surface area contributed by atoms with Crippen molar-refractivity contribution in [3.05, 3.63) is 64.7 Å². The molecule has 1 aliphatic carbocycles. The summed E-state index contributed by atoms with van der Waals surface area (Å²) in [6.45, 7) is 0. The van der Waals surface area contributed by atoms with Gasteiger partial charge < -0.3 is 5.11 Å². The van der Waals surface area contributed by atoms with Crippen molar-refractivity contribution in [2.45, 2.75) is 24.6 Å². The van der Waals surface area contributed by atoms with Crippen LogP contribution in [0.15, 0.2) is 36.7 Å². The van der Waals surface area contributed by atoms with Gasteiger partial charge in [0.05, 0.1) is 5.56 Å². The number of hydrogen-bond acceptors (Lipinski definition) is 2. The Kier molecular flexibility index (Phi) is 3.02. The molecule has 0 bridgehead atoms. The molecule has 2 nitrogen and oxygen atoms in total. The number of aliphatic hydroxyl groups is 1. The highest BCUT2D eigenvalue weighted by Crippen LogP contribution is 2.46. The minimum absolute atomic E-state index is 0.00194. The summed E-state index contributed by atoms with van der Waals surface area (Å²) >= 11 is 0. The predicted octanol–water partition coefficient (Wildman–Crippen LogP) is 3.42. The summed E-state index contributed by atoms with van der Waals surface area (Å²) in [5.41, 5.74) is -2.70. The van der Waals surface area contributed by atoms with E-state index in [1.165, 1.54) is 18.2 Å². The number of fused-ring (bicyclic) bond motifs is 1. The Morgan fingerprint density at radius 2 is 1.90 bits per heavy atom. The van der Waals surface area contributed by atoms with Crippen molar-refractivity contribution in [1.82, 2.24) is 4.98 Å².